The average molecular weight is 255 g/mol. The number of nitrogens with zero attached hydrogens (tertiary/aromatic N) is 2. The van der Waals surface area contributed by atoms with Crippen LogP contribution in [0, 0.1) is 0 Å². The Morgan fingerprint density at radius 1 is 1.11 bits per heavy atom. The molecule has 1 aromatic rings. The summed E-state index contributed by atoms with van der Waals surface area (Å²) < 4.78 is 2.41. The number of nitrogens with one attached hydrogen (secondary N) is 1. The standard InChI is InChI=1S/C12H21N3O3/c1-10(16)8-6-4-3-5-7-9-15-12(18)14(2)11(17)13-15/h3-9H2,1-2H3,(H,13,17). The smallest absolute Gasteiger partial charge is 0.300 e. The number of aromatic amines is 1. The van der Waals surface area contributed by atoms with Crippen LogP contribution in [0.1, 0.15) is 45.4 Å². The topological polar surface area (TPSA) is 76.9 Å². The van der Waals surface area contributed by atoms with Gasteiger partial charge in [0.1, 0.15) is 5.78 Å². The predicted octanol–water partition coefficient (Wildman–Crippen LogP) is 0.805. The molecule has 0 aromatic carbocycles. The van der Waals surface area contributed by atoms with E-state index >= 15 is 0 Å². The third-order valence-electron chi connectivity index (χ3n) is 2.96. The first-order valence-corrected chi connectivity index (χ1v) is 6.37. The first-order chi connectivity index (χ1) is 8.52. The lowest BCUT2D eigenvalue weighted by atomic mass is 10.1. The Morgan fingerprint density at radius 3 is 2.28 bits per heavy atom. The number of hydrogen-bond donors (Lipinski definition) is 1. The molecular formula is C12H21N3O3. The van der Waals surface area contributed by atoms with Gasteiger partial charge >= 0.3 is 11.4 Å². The van der Waals surface area contributed by atoms with Crippen molar-refractivity contribution in [3.8, 4) is 0 Å². The zero-order valence-electron chi connectivity index (χ0n) is 11.1. The Bertz CT molecular complexity index is 495. The van der Waals surface area contributed by atoms with Gasteiger partial charge in [-0.15, -0.1) is 0 Å². The van der Waals surface area contributed by atoms with Crippen molar-refractivity contribution in [2.24, 2.45) is 7.05 Å². The van der Waals surface area contributed by atoms with Gasteiger partial charge in [0.05, 0.1) is 0 Å². The van der Waals surface area contributed by atoms with Crippen LogP contribution in [0.15, 0.2) is 9.59 Å². The molecule has 6 nitrogen and oxygen atoms in total. The highest BCUT2D eigenvalue weighted by molar-refractivity contribution is 5.75. The summed E-state index contributed by atoms with van der Waals surface area (Å²) in [6.45, 7) is 2.15. The molecule has 0 aliphatic rings. The quantitative estimate of drug-likeness (QED) is 0.698. The van der Waals surface area contributed by atoms with Crippen molar-refractivity contribution in [1.29, 1.82) is 0 Å². The summed E-state index contributed by atoms with van der Waals surface area (Å²) in [5.74, 6) is 0.239. The molecule has 1 heterocycles. The molecule has 0 bridgehead atoms. The van der Waals surface area contributed by atoms with Crippen molar-refractivity contribution in [3.05, 3.63) is 21.0 Å². The van der Waals surface area contributed by atoms with Crippen molar-refractivity contribution in [2.45, 2.75) is 52.0 Å². The van der Waals surface area contributed by atoms with Crippen LogP contribution in [0.4, 0.5) is 0 Å². The lowest BCUT2D eigenvalue weighted by molar-refractivity contribution is -0.117. The fraction of sp³-hybridized carbons (Fsp3) is 0.750. The molecular weight excluding hydrogens is 234 g/mol. The van der Waals surface area contributed by atoms with E-state index in [1.165, 1.54) is 11.7 Å². The SMILES string of the molecule is CC(=O)CCCCCCCn1[nH]c(=O)n(C)c1=O. The molecule has 1 N–H and O–H groups in total. The van der Waals surface area contributed by atoms with E-state index in [4.69, 9.17) is 0 Å². The molecule has 0 aliphatic heterocycles. The maximum absolute atomic E-state index is 11.5. The molecule has 6 heteroatoms. The van der Waals surface area contributed by atoms with Crippen LogP contribution in [0.2, 0.25) is 0 Å². The number of carbonyl (C=O) groups is 1. The summed E-state index contributed by atoms with van der Waals surface area (Å²) >= 11 is 0. The normalized spacial score (nSPS) is 10.8. The number of unbranched alkanes of at least 4 members (excludes halogenated alkanes) is 4. The molecule has 1 aromatic heterocycles. The second-order valence-corrected chi connectivity index (χ2v) is 4.63. The highest BCUT2D eigenvalue weighted by atomic mass is 16.2. The van der Waals surface area contributed by atoms with E-state index in [0.29, 0.717) is 13.0 Å². The van der Waals surface area contributed by atoms with Gasteiger partial charge in [0.25, 0.3) is 0 Å². The van der Waals surface area contributed by atoms with Crippen molar-refractivity contribution in [3.63, 3.8) is 0 Å². The van der Waals surface area contributed by atoms with Crippen molar-refractivity contribution in [2.75, 3.05) is 0 Å². The van der Waals surface area contributed by atoms with Crippen LogP contribution in [0.25, 0.3) is 0 Å². The van der Waals surface area contributed by atoms with Gasteiger partial charge < -0.3 is 4.79 Å². The minimum Gasteiger partial charge on any atom is -0.300 e. The molecule has 18 heavy (non-hydrogen) atoms. The predicted molar refractivity (Wildman–Crippen MR) is 68.7 cm³/mol. The van der Waals surface area contributed by atoms with Crippen molar-refractivity contribution in [1.82, 2.24) is 14.3 Å². The molecule has 0 saturated heterocycles. The number of rotatable bonds is 8. The van der Waals surface area contributed by atoms with E-state index in [9.17, 15) is 14.4 Å². The number of carbonyl (C=O) groups excluding carboxylic acids is 1. The first-order valence-electron chi connectivity index (χ1n) is 6.37. The largest absolute Gasteiger partial charge is 0.346 e. The summed E-state index contributed by atoms with van der Waals surface area (Å²) in [6, 6.07) is 0. The van der Waals surface area contributed by atoms with Gasteiger partial charge in [-0.25, -0.2) is 23.9 Å². The van der Waals surface area contributed by atoms with Gasteiger partial charge in [-0.2, -0.15) is 0 Å². The number of H-pyrrole nitrogens is 1. The minimum atomic E-state index is -0.374. The van der Waals surface area contributed by atoms with Crippen LogP contribution < -0.4 is 11.4 Å². The van der Waals surface area contributed by atoms with E-state index in [2.05, 4.69) is 5.10 Å². The number of aromatic nitrogens is 3. The van der Waals surface area contributed by atoms with Crippen LogP contribution in [0.5, 0.6) is 0 Å². The maximum atomic E-state index is 11.5. The summed E-state index contributed by atoms with van der Waals surface area (Å²) in [4.78, 5) is 33.4. The van der Waals surface area contributed by atoms with E-state index < -0.39 is 0 Å². The summed E-state index contributed by atoms with van der Waals surface area (Å²) in [6.07, 6.45) is 5.56. The Kier molecular flexibility index (Phi) is 5.61. The second-order valence-electron chi connectivity index (χ2n) is 4.63. The van der Waals surface area contributed by atoms with Crippen molar-refractivity contribution >= 4 is 5.78 Å². The second kappa shape index (κ2) is 6.98. The molecule has 102 valence electrons. The number of Topliss-reactive ketones (excluding diaryl/α,β-unsaturated/α-hetero) is 1. The molecule has 0 radical (unpaired) electrons. The average Bonchev–Trinajstić information content (AvgIpc) is 2.55. The number of ketones is 1. The van der Waals surface area contributed by atoms with Gasteiger partial charge in [-0.3, -0.25) is 0 Å². The summed E-state index contributed by atoms with van der Waals surface area (Å²) in [7, 11) is 1.46. The van der Waals surface area contributed by atoms with Crippen LogP contribution >= 0.6 is 0 Å². The molecule has 0 unspecified atom stereocenters. The minimum absolute atomic E-state index is 0.239. The fourth-order valence-corrected chi connectivity index (χ4v) is 1.83. The molecule has 0 saturated carbocycles. The van der Waals surface area contributed by atoms with Gasteiger partial charge in [-0.05, 0) is 19.8 Å². The number of aryl methyl sites for hydroxylation is 1. The Hall–Kier alpha value is -1.59. The van der Waals surface area contributed by atoms with E-state index in [0.717, 1.165) is 36.7 Å². The fourth-order valence-electron chi connectivity index (χ4n) is 1.83. The lowest BCUT2D eigenvalue weighted by Crippen LogP contribution is -2.25. The van der Waals surface area contributed by atoms with E-state index in [-0.39, 0.29) is 17.2 Å². The molecule has 0 aliphatic carbocycles. The van der Waals surface area contributed by atoms with Gasteiger partial charge in [0.2, 0.25) is 0 Å². The lowest BCUT2D eigenvalue weighted by Gasteiger charge is -2.01. The summed E-state index contributed by atoms with van der Waals surface area (Å²) in [5, 5.41) is 2.50. The Labute approximate surface area is 106 Å². The van der Waals surface area contributed by atoms with Crippen LogP contribution in [-0.2, 0) is 18.4 Å². The molecule has 0 amide bonds. The maximum Gasteiger partial charge on any atom is 0.346 e. The van der Waals surface area contributed by atoms with Crippen molar-refractivity contribution < 1.29 is 4.79 Å². The first kappa shape index (κ1) is 14.5. The Morgan fingerprint density at radius 2 is 1.72 bits per heavy atom. The van der Waals surface area contributed by atoms with Gasteiger partial charge in [-0.1, -0.05) is 19.3 Å². The molecule has 1 rings (SSSR count). The van der Waals surface area contributed by atoms with Crippen LogP contribution in [-0.4, -0.2) is 20.1 Å². The molecule has 0 fully saturated rings. The molecule has 0 spiro atoms. The Balaban J connectivity index is 2.18. The van der Waals surface area contributed by atoms with Gasteiger partial charge in [0, 0.05) is 20.0 Å². The third kappa shape index (κ3) is 4.35. The number of hydrogen-bond acceptors (Lipinski definition) is 3. The van der Waals surface area contributed by atoms with Gasteiger partial charge in [0.15, 0.2) is 0 Å². The van der Waals surface area contributed by atoms with E-state index in [1.807, 2.05) is 0 Å². The molecule has 0 atom stereocenters. The third-order valence-corrected chi connectivity index (χ3v) is 2.96. The summed E-state index contributed by atoms with van der Waals surface area (Å²) in [5.41, 5.74) is -0.668. The van der Waals surface area contributed by atoms with Crippen LogP contribution in [0.3, 0.4) is 0 Å². The monoisotopic (exact) mass is 255 g/mol. The highest BCUT2D eigenvalue weighted by Crippen LogP contribution is 2.05. The van der Waals surface area contributed by atoms with E-state index in [1.54, 1.807) is 6.92 Å². The highest BCUT2D eigenvalue weighted by Gasteiger charge is 2.03. The zero-order valence-corrected chi connectivity index (χ0v) is 11.1. The zero-order chi connectivity index (χ0) is 13.5.